The van der Waals surface area contributed by atoms with Crippen molar-refractivity contribution < 1.29 is 27.5 Å². The van der Waals surface area contributed by atoms with Gasteiger partial charge in [-0.25, -0.2) is 18.7 Å². The average Bonchev–Trinajstić information content (AvgIpc) is 2.76. The predicted molar refractivity (Wildman–Crippen MR) is 106 cm³/mol. The maximum absolute atomic E-state index is 14.0. The number of nitrogens with zero attached hydrogens (tertiary/aromatic N) is 3. The number of alkyl halides is 2. The van der Waals surface area contributed by atoms with Crippen molar-refractivity contribution in [3.8, 4) is 11.3 Å². The Morgan fingerprint density at radius 1 is 1.29 bits per heavy atom. The fraction of sp³-hybridized carbons (Fsp3) is 0.300. The smallest absolute Gasteiger partial charge is 0.269 e. The molecule has 3 heterocycles. The minimum absolute atomic E-state index is 0.00409. The van der Waals surface area contributed by atoms with Gasteiger partial charge in [0.1, 0.15) is 23.1 Å². The normalized spacial score (nSPS) is 18.7. The molecule has 0 aliphatic carbocycles. The van der Waals surface area contributed by atoms with Crippen LogP contribution in [-0.2, 0) is 9.53 Å². The number of hydrogen-bond acceptors (Lipinski definition) is 5. The predicted octanol–water partition coefficient (Wildman–Crippen LogP) is 3.02. The maximum Gasteiger partial charge on any atom is 0.269 e. The van der Waals surface area contributed by atoms with Crippen molar-refractivity contribution in [2.24, 2.45) is 0 Å². The van der Waals surface area contributed by atoms with Crippen molar-refractivity contribution in [2.45, 2.75) is 18.6 Å². The molecule has 2 amide bonds. The first kappa shape index (κ1) is 22.7. The summed E-state index contributed by atoms with van der Waals surface area (Å²) in [6, 6.07) is 5.27. The Morgan fingerprint density at radius 3 is 2.68 bits per heavy atom. The first-order valence-corrected chi connectivity index (χ1v) is 9.52. The molecule has 1 unspecified atom stereocenters. The van der Waals surface area contributed by atoms with E-state index in [1.54, 1.807) is 0 Å². The summed E-state index contributed by atoms with van der Waals surface area (Å²) in [5, 5.41) is 2.34. The minimum Gasteiger partial charge on any atom is -0.361 e. The Kier molecular flexibility index (Phi) is 6.91. The number of carbonyl (C=O) groups is 2. The van der Waals surface area contributed by atoms with Crippen LogP contribution >= 0.6 is 11.6 Å². The van der Waals surface area contributed by atoms with Crippen LogP contribution in [0.4, 0.5) is 13.2 Å². The molecule has 11 heteroatoms. The fourth-order valence-electron chi connectivity index (χ4n) is 3.16. The quantitative estimate of drug-likeness (QED) is 0.554. The van der Waals surface area contributed by atoms with Crippen molar-refractivity contribution >= 4 is 23.4 Å². The molecule has 1 aliphatic rings. The Morgan fingerprint density at radius 2 is 2.03 bits per heavy atom. The molecule has 0 spiro atoms. The highest BCUT2D eigenvalue weighted by atomic mass is 35.5. The molecule has 2 aromatic rings. The number of carbonyl (C=O) groups excluding carboxylic acids is 2. The zero-order valence-electron chi connectivity index (χ0n) is 16.3. The highest BCUT2D eigenvalue weighted by Gasteiger charge is 2.36. The van der Waals surface area contributed by atoms with Crippen LogP contribution in [0.5, 0.6) is 0 Å². The number of morpholine rings is 1. The van der Waals surface area contributed by atoms with Gasteiger partial charge >= 0.3 is 0 Å². The summed E-state index contributed by atoms with van der Waals surface area (Å²) in [6.45, 7) is 3.09. The summed E-state index contributed by atoms with van der Waals surface area (Å²) in [5.41, 5.74) is 0.574. The van der Waals surface area contributed by atoms with E-state index in [1.165, 1.54) is 30.1 Å². The summed E-state index contributed by atoms with van der Waals surface area (Å²) < 4.78 is 46.2. The summed E-state index contributed by atoms with van der Waals surface area (Å²) in [5.74, 6) is -2.02. The van der Waals surface area contributed by atoms with Crippen LogP contribution in [0.3, 0.4) is 0 Å². The lowest BCUT2D eigenvalue weighted by atomic mass is 10.0. The lowest BCUT2D eigenvalue weighted by Crippen LogP contribution is -2.48. The molecule has 3 rings (SSSR count). The van der Waals surface area contributed by atoms with Gasteiger partial charge in [0.25, 0.3) is 12.3 Å². The summed E-state index contributed by atoms with van der Waals surface area (Å²) in [7, 11) is 1.38. The van der Waals surface area contributed by atoms with Gasteiger partial charge in [0, 0.05) is 18.7 Å². The molecule has 1 N–H and O–H groups in total. The topological polar surface area (TPSA) is 84.4 Å². The molecule has 1 fully saturated rings. The molecule has 31 heavy (non-hydrogen) atoms. The SMILES string of the molecule is C=CC(=O)N1CC(C(F)F)O[C@H](c2cc(Cl)nc(-c3cc(F)nc(C(=O)NC)c3)c2)C1. The third-order valence-electron chi connectivity index (χ3n) is 4.63. The molecule has 1 aliphatic heterocycles. The standard InChI is InChI=1S/C20H18ClF3N4O3/c1-3-18(29)28-8-14(31-15(9-28)19(23)24)11-5-12(26-16(21)6-11)10-4-13(20(30)25-2)27-17(22)7-10/h3-7,14-15,19H,1,8-9H2,2H3,(H,25,30)/t14-,15?/m0/s1. The van der Waals surface area contributed by atoms with Gasteiger partial charge in [-0.05, 0) is 29.8 Å². The molecule has 0 bridgehead atoms. The summed E-state index contributed by atoms with van der Waals surface area (Å²) in [4.78, 5) is 32.7. The van der Waals surface area contributed by atoms with E-state index < -0.39 is 36.4 Å². The van der Waals surface area contributed by atoms with Crippen LogP contribution < -0.4 is 5.32 Å². The molecule has 7 nitrogen and oxygen atoms in total. The largest absolute Gasteiger partial charge is 0.361 e. The number of pyridine rings is 2. The highest BCUT2D eigenvalue weighted by Crippen LogP contribution is 2.32. The molecule has 2 atom stereocenters. The average molecular weight is 455 g/mol. The van der Waals surface area contributed by atoms with Gasteiger partial charge < -0.3 is 15.0 Å². The van der Waals surface area contributed by atoms with Crippen molar-refractivity contribution in [1.29, 1.82) is 0 Å². The van der Waals surface area contributed by atoms with Gasteiger partial charge in [0.2, 0.25) is 11.9 Å². The third-order valence-corrected chi connectivity index (χ3v) is 4.82. The monoisotopic (exact) mass is 454 g/mol. The second-order valence-corrected chi connectivity index (χ2v) is 7.08. The van der Waals surface area contributed by atoms with Crippen LogP contribution in [0.15, 0.2) is 36.9 Å². The van der Waals surface area contributed by atoms with E-state index in [2.05, 4.69) is 21.9 Å². The lowest BCUT2D eigenvalue weighted by Gasteiger charge is -2.37. The third kappa shape index (κ3) is 5.20. The van der Waals surface area contributed by atoms with Crippen molar-refractivity contribution in [2.75, 3.05) is 20.1 Å². The van der Waals surface area contributed by atoms with E-state index in [1.807, 2.05) is 0 Å². The highest BCUT2D eigenvalue weighted by molar-refractivity contribution is 6.29. The van der Waals surface area contributed by atoms with Gasteiger partial charge in [0.15, 0.2) is 0 Å². The zero-order chi connectivity index (χ0) is 22.7. The number of nitrogens with one attached hydrogen (secondary N) is 1. The van der Waals surface area contributed by atoms with E-state index in [0.717, 1.165) is 12.1 Å². The molecule has 0 saturated carbocycles. The first-order chi connectivity index (χ1) is 14.7. The Balaban J connectivity index is 2.00. The lowest BCUT2D eigenvalue weighted by molar-refractivity contribution is -0.159. The molecular formula is C20H18ClF3N4O3. The van der Waals surface area contributed by atoms with E-state index in [4.69, 9.17) is 16.3 Å². The number of rotatable bonds is 5. The maximum atomic E-state index is 14.0. The molecule has 0 radical (unpaired) electrons. The number of ether oxygens (including phenoxy) is 1. The Hall–Kier alpha value is -2.98. The van der Waals surface area contributed by atoms with Gasteiger partial charge in [-0.15, -0.1) is 0 Å². The van der Waals surface area contributed by atoms with Gasteiger partial charge in [-0.1, -0.05) is 18.2 Å². The summed E-state index contributed by atoms with van der Waals surface area (Å²) in [6.07, 6.45) is -4.21. The number of halogens is 4. The van der Waals surface area contributed by atoms with Crippen LogP contribution in [0.2, 0.25) is 5.15 Å². The van der Waals surface area contributed by atoms with Gasteiger partial charge in [-0.2, -0.15) is 4.39 Å². The molecule has 0 aromatic carbocycles. The van der Waals surface area contributed by atoms with Crippen LogP contribution in [0.1, 0.15) is 22.2 Å². The fourth-order valence-corrected chi connectivity index (χ4v) is 3.38. The van der Waals surface area contributed by atoms with E-state index >= 15 is 0 Å². The molecule has 2 aromatic heterocycles. The van der Waals surface area contributed by atoms with Gasteiger partial charge in [-0.3, -0.25) is 9.59 Å². The van der Waals surface area contributed by atoms with Gasteiger partial charge in [0.05, 0.1) is 18.8 Å². The molecule has 1 saturated heterocycles. The second kappa shape index (κ2) is 9.44. The van der Waals surface area contributed by atoms with E-state index in [9.17, 15) is 22.8 Å². The van der Waals surface area contributed by atoms with E-state index in [-0.39, 0.29) is 35.2 Å². The number of amides is 2. The number of aromatic nitrogens is 2. The Labute approximate surface area is 180 Å². The molecular weight excluding hydrogens is 437 g/mol. The van der Waals surface area contributed by atoms with Crippen molar-refractivity contribution in [3.05, 3.63) is 59.3 Å². The van der Waals surface area contributed by atoms with Crippen LogP contribution in [0, 0.1) is 5.95 Å². The minimum atomic E-state index is -2.82. The van der Waals surface area contributed by atoms with Crippen LogP contribution in [-0.4, -0.2) is 59.3 Å². The second-order valence-electron chi connectivity index (χ2n) is 6.70. The zero-order valence-corrected chi connectivity index (χ0v) is 17.1. The van der Waals surface area contributed by atoms with Crippen LogP contribution in [0.25, 0.3) is 11.3 Å². The van der Waals surface area contributed by atoms with E-state index in [0.29, 0.717) is 5.56 Å². The first-order valence-electron chi connectivity index (χ1n) is 9.14. The van der Waals surface area contributed by atoms with Crippen molar-refractivity contribution in [1.82, 2.24) is 20.2 Å². The van der Waals surface area contributed by atoms with Crippen molar-refractivity contribution in [3.63, 3.8) is 0 Å². The number of hydrogen-bond donors (Lipinski definition) is 1. The summed E-state index contributed by atoms with van der Waals surface area (Å²) >= 11 is 6.11. The Bertz CT molecular complexity index is 1020. The molecule has 164 valence electrons.